The molecule has 0 saturated heterocycles. The average molecular weight is 633 g/mol. The second kappa shape index (κ2) is 16.1. The molecule has 1 aliphatic rings. The number of hydrogen-bond donors (Lipinski definition) is 3. The number of rotatable bonds is 8. The Morgan fingerprint density at radius 2 is 1.82 bits per heavy atom. The van der Waals surface area contributed by atoms with Gasteiger partial charge >= 0.3 is 6.03 Å². The van der Waals surface area contributed by atoms with Crippen molar-refractivity contribution >= 4 is 27.6 Å². The van der Waals surface area contributed by atoms with Crippen molar-refractivity contribution in [2.75, 3.05) is 38.1 Å². The van der Waals surface area contributed by atoms with Crippen molar-refractivity contribution < 1.29 is 32.6 Å². The molecule has 244 valence electrons. The molecule has 2 aromatic rings. The highest BCUT2D eigenvalue weighted by molar-refractivity contribution is 7.92. The molecule has 0 spiro atoms. The van der Waals surface area contributed by atoms with Gasteiger partial charge in [0, 0.05) is 44.4 Å². The normalized spacial score (nSPS) is 21.0. The maximum Gasteiger partial charge on any atom is 0.317 e. The van der Waals surface area contributed by atoms with Crippen molar-refractivity contribution in [3.8, 4) is 5.75 Å². The first-order chi connectivity index (χ1) is 20.8. The average Bonchev–Trinajstić information content (AvgIpc) is 2.98. The first kappa shape index (κ1) is 35.1. The Balaban J connectivity index is 1.98. The lowest BCUT2D eigenvalue weighted by Gasteiger charge is -2.36. The molecule has 0 saturated carbocycles. The number of anilines is 1. The number of nitrogens with zero attached hydrogens (tertiary/aromatic N) is 2. The van der Waals surface area contributed by atoms with Gasteiger partial charge in [0.1, 0.15) is 5.75 Å². The summed E-state index contributed by atoms with van der Waals surface area (Å²) in [4.78, 5) is 30.1. The van der Waals surface area contributed by atoms with Crippen LogP contribution in [0.25, 0.3) is 0 Å². The van der Waals surface area contributed by atoms with E-state index in [0.29, 0.717) is 25.3 Å². The van der Waals surface area contributed by atoms with E-state index in [1.165, 1.54) is 18.2 Å². The zero-order valence-electron chi connectivity index (χ0n) is 26.7. The number of ether oxygens (including phenoxy) is 2. The molecule has 0 fully saturated rings. The first-order valence-electron chi connectivity index (χ1n) is 15.3. The molecule has 11 nitrogen and oxygen atoms in total. The van der Waals surface area contributed by atoms with E-state index in [2.05, 4.69) is 10.0 Å². The van der Waals surface area contributed by atoms with Gasteiger partial charge in [-0.15, -0.1) is 0 Å². The third kappa shape index (κ3) is 9.83. The lowest BCUT2D eigenvalue weighted by Crippen LogP contribution is -2.49. The number of sulfonamides is 1. The molecule has 3 N–H and O–H groups in total. The van der Waals surface area contributed by atoms with Crippen LogP contribution >= 0.6 is 0 Å². The summed E-state index contributed by atoms with van der Waals surface area (Å²) in [6.45, 7) is 10.2. The van der Waals surface area contributed by atoms with Crippen molar-refractivity contribution in [3.05, 3.63) is 54.1 Å². The zero-order chi connectivity index (χ0) is 32.4. The van der Waals surface area contributed by atoms with Crippen LogP contribution in [0.1, 0.15) is 64.2 Å². The molecule has 12 heteroatoms. The Morgan fingerprint density at radius 1 is 1.11 bits per heavy atom. The van der Waals surface area contributed by atoms with Crippen LogP contribution in [-0.4, -0.2) is 92.9 Å². The molecule has 0 aliphatic carbocycles. The number of likely N-dealkylation sites (N-methyl/N-ethyl adjacent to an activating group) is 1. The van der Waals surface area contributed by atoms with Gasteiger partial charge in [-0.05, 0) is 77.3 Å². The molecule has 0 bridgehead atoms. The second-order valence-electron chi connectivity index (χ2n) is 11.9. The molecular formula is C32H48N4O7S. The molecule has 3 rings (SSSR count). The van der Waals surface area contributed by atoms with Crippen molar-refractivity contribution in [1.82, 2.24) is 15.1 Å². The number of carbonyl (C=O) groups excluding carboxylic acids is 2. The topological polar surface area (TPSA) is 138 Å². The fourth-order valence-electron chi connectivity index (χ4n) is 4.97. The Hall–Kier alpha value is -3.35. The van der Waals surface area contributed by atoms with Gasteiger partial charge in [0.05, 0.1) is 35.3 Å². The summed E-state index contributed by atoms with van der Waals surface area (Å²) in [7, 11) is -2.19. The second-order valence-corrected chi connectivity index (χ2v) is 13.6. The van der Waals surface area contributed by atoms with Crippen LogP contribution in [0.2, 0.25) is 0 Å². The van der Waals surface area contributed by atoms with Gasteiger partial charge in [-0.25, -0.2) is 13.2 Å². The number of aliphatic hydroxyl groups is 1. The number of nitrogens with one attached hydrogen (secondary N) is 2. The predicted octanol–water partition coefficient (Wildman–Crippen LogP) is 4.33. The minimum absolute atomic E-state index is 0.0165. The molecule has 0 aromatic heterocycles. The molecule has 4 atom stereocenters. The number of amides is 3. The minimum Gasteiger partial charge on any atom is -0.490 e. The van der Waals surface area contributed by atoms with Gasteiger partial charge in [0.25, 0.3) is 15.9 Å². The fraction of sp³-hybridized carbons (Fsp3) is 0.562. The molecule has 0 unspecified atom stereocenters. The van der Waals surface area contributed by atoms with Crippen LogP contribution in [0.15, 0.2) is 53.4 Å². The van der Waals surface area contributed by atoms with Crippen LogP contribution < -0.4 is 14.8 Å². The summed E-state index contributed by atoms with van der Waals surface area (Å²) in [6, 6.07) is 11.9. The first-order valence-corrected chi connectivity index (χ1v) is 16.7. The Labute approximate surface area is 262 Å². The van der Waals surface area contributed by atoms with Crippen LogP contribution in [-0.2, 0) is 14.8 Å². The van der Waals surface area contributed by atoms with E-state index in [4.69, 9.17) is 9.47 Å². The Bertz CT molecular complexity index is 1340. The van der Waals surface area contributed by atoms with Crippen LogP contribution in [0, 0.1) is 5.92 Å². The van der Waals surface area contributed by atoms with E-state index in [9.17, 15) is 23.1 Å². The number of urea groups is 1. The third-order valence-corrected chi connectivity index (χ3v) is 8.97. The standard InChI is InChI=1S/C32H48N4O7S/c1-22(2)33-32(39)35(6)20-30-23(3)19-36(24(4)21-37)31(38)28-18-26(34-44(40,41)27-13-8-7-9-14-27)15-16-29(28)43-25(5)12-10-11-17-42-30/h7-9,13-16,18,22-25,30,34,37H,10-12,17,19-21H2,1-6H3,(H,33,39)/t23-,24+,25-,30+/m1/s1. The highest BCUT2D eigenvalue weighted by atomic mass is 32.2. The summed E-state index contributed by atoms with van der Waals surface area (Å²) in [5, 5.41) is 13.0. The summed E-state index contributed by atoms with van der Waals surface area (Å²) in [6.07, 6.45) is 1.74. The molecule has 1 heterocycles. The van der Waals surface area contributed by atoms with Gasteiger partial charge in [0.2, 0.25) is 0 Å². The monoisotopic (exact) mass is 632 g/mol. The maximum absolute atomic E-state index is 14.2. The molecule has 44 heavy (non-hydrogen) atoms. The lowest BCUT2D eigenvalue weighted by molar-refractivity contribution is -0.0122. The van der Waals surface area contributed by atoms with Crippen LogP contribution in [0.3, 0.4) is 0 Å². The van der Waals surface area contributed by atoms with E-state index in [0.717, 1.165) is 12.8 Å². The van der Waals surface area contributed by atoms with Crippen molar-refractivity contribution in [2.45, 2.75) is 83.1 Å². The Morgan fingerprint density at radius 3 is 2.48 bits per heavy atom. The molecule has 1 aliphatic heterocycles. The smallest absolute Gasteiger partial charge is 0.317 e. The Kier molecular flexibility index (Phi) is 12.9. The number of benzene rings is 2. The summed E-state index contributed by atoms with van der Waals surface area (Å²) >= 11 is 0. The van der Waals surface area contributed by atoms with E-state index in [-0.39, 0.29) is 59.5 Å². The fourth-order valence-corrected chi connectivity index (χ4v) is 6.04. The van der Waals surface area contributed by atoms with Crippen LogP contribution in [0.4, 0.5) is 10.5 Å². The summed E-state index contributed by atoms with van der Waals surface area (Å²) < 4.78 is 41.2. The lowest BCUT2D eigenvalue weighted by atomic mass is 10.0. The molecule has 3 amide bonds. The number of hydrogen-bond acceptors (Lipinski definition) is 7. The number of aliphatic hydroxyl groups excluding tert-OH is 1. The largest absolute Gasteiger partial charge is 0.490 e. The maximum atomic E-state index is 14.2. The van der Waals surface area contributed by atoms with Gasteiger partial charge < -0.3 is 29.7 Å². The quantitative estimate of drug-likeness (QED) is 0.394. The van der Waals surface area contributed by atoms with E-state index >= 15 is 0 Å². The summed E-state index contributed by atoms with van der Waals surface area (Å²) in [5.41, 5.74) is 0.391. The number of fused-ring (bicyclic) bond motifs is 1. The highest BCUT2D eigenvalue weighted by Gasteiger charge is 2.31. The van der Waals surface area contributed by atoms with Gasteiger partial charge in [0.15, 0.2) is 0 Å². The van der Waals surface area contributed by atoms with E-state index < -0.39 is 22.0 Å². The highest BCUT2D eigenvalue weighted by Crippen LogP contribution is 2.29. The van der Waals surface area contributed by atoms with E-state index in [1.54, 1.807) is 54.1 Å². The SMILES string of the molecule is CC(C)NC(=O)N(C)C[C@@H]1OCCCC[C@@H](C)Oc2ccc(NS(=O)(=O)c3ccccc3)cc2C(=O)N([C@@H](C)CO)C[C@H]1C. The van der Waals surface area contributed by atoms with Gasteiger partial charge in [-0.3, -0.25) is 9.52 Å². The third-order valence-electron chi connectivity index (χ3n) is 7.57. The summed E-state index contributed by atoms with van der Waals surface area (Å²) in [5.74, 6) is -0.292. The molecule has 0 radical (unpaired) electrons. The van der Waals surface area contributed by atoms with Crippen molar-refractivity contribution in [3.63, 3.8) is 0 Å². The van der Waals surface area contributed by atoms with Crippen LogP contribution in [0.5, 0.6) is 5.75 Å². The van der Waals surface area contributed by atoms with E-state index in [1.807, 2.05) is 27.7 Å². The molecule has 2 aromatic carbocycles. The van der Waals surface area contributed by atoms with Crippen molar-refractivity contribution in [1.29, 1.82) is 0 Å². The van der Waals surface area contributed by atoms with Crippen molar-refractivity contribution in [2.24, 2.45) is 5.92 Å². The molecular weight excluding hydrogens is 584 g/mol. The predicted molar refractivity (Wildman–Crippen MR) is 170 cm³/mol. The number of carbonyl (C=O) groups is 2. The minimum atomic E-state index is -3.90. The van der Waals surface area contributed by atoms with Gasteiger partial charge in [-0.1, -0.05) is 25.1 Å². The van der Waals surface area contributed by atoms with Gasteiger partial charge in [-0.2, -0.15) is 0 Å². The zero-order valence-corrected chi connectivity index (χ0v) is 27.5.